The zero-order chi connectivity index (χ0) is 17.0. The number of likely N-dealkylation sites (tertiary alicyclic amines) is 1. The number of hydrogen-bond donors (Lipinski definition) is 0. The van der Waals surface area contributed by atoms with Gasteiger partial charge < -0.3 is 19.1 Å². The summed E-state index contributed by atoms with van der Waals surface area (Å²) < 4.78 is 17.2. The van der Waals surface area contributed by atoms with E-state index in [1.807, 2.05) is 32.0 Å². The van der Waals surface area contributed by atoms with Gasteiger partial charge in [0, 0.05) is 25.3 Å². The van der Waals surface area contributed by atoms with Crippen LogP contribution < -0.4 is 0 Å². The Hall–Kier alpha value is -1.50. The molecule has 1 spiro atoms. The largest absolute Gasteiger partial charge is 0.372 e. The number of hydrogen-bond acceptors (Lipinski definition) is 5. The Balaban J connectivity index is 1.46. The van der Waals surface area contributed by atoms with Crippen LogP contribution in [0.3, 0.4) is 0 Å². The minimum absolute atomic E-state index is 0.0399. The summed E-state index contributed by atoms with van der Waals surface area (Å²) in [6, 6.07) is 5.97. The van der Waals surface area contributed by atoms with Gasteiger partial charge in [-0.05, 0) is 32.4 Å². The second-order valence-corrected chi connectivity index (χ2v) is 6.61. The molecule has 0 radical (unpaired) electrons. The van der Waals surface area contributed by atoms with E-state index in [4.69, 9.17) is 14.2 Å². The second kappa shape index (κ2) is 7.59. The van der Waals surface area contributed by atoms with Crippen molar-refractivity contribution in [3.8, 4) is 0 Å². The van der Waals surface area contributed by atoms with Crippen LogP contribution in [0.25, 0.3) is 0 Å². The molecule has 1 aromatic heterocycles. The van der Waals surface area contributed by atoms with Crippen LogP contribution in [-0.2, 0) is 25.6 Å². The van der Waals surface area contributed by atoms with Gasteiger partial charge in [0.2, 0.25) is 5.91 Å². The van der Waals surface area contributed by atoms with E-state index < -0.39 is 0 Å². The van der Waals surface area contributed by atoms with Gasteiger partial charge in [-0.15, -0.1) is 0 Å². The third kappa shape index (κ3) is 4.12. The lowest BCUT2D eigenvalue weighted by Gasteiger charge is -2.52. The number of rotatable bonds is 6. The van der Waals surface area contributed by atoms with Gasteiger partial charge in [0.15, 0.2) is 0 Å². The minimum Gasteiger partial charge on any atom is -0.372 e. The second-order valence-electron chi connectivity index (χ2n) is 6.61. The molecule has 2 aliphatic rings. The summed E-state index contributed by atoms with van der Waals surface area (Å²) in [4.78, 5) is 18.2. The number of aryl methyl sites for hydroxylation is 1. The van der Waals surface area contributed by atoms with Crippen molar-refractivity contribution in [2.24, 2.45) is 0 Å². The summed E-state index contributed by atoms with van der Waals surface area (Å²) >= 11 is 0. The molecule has 0 aliphatic carbocycles. The van der Waals surface area contributed by atoms with Crippen LogP contribution in [0.4, 0.5) is 0 Å². The first-order chi connectivity index (χ1) is 11.6. The van der Waals surface area contributed by atoms with Crippen molar-refractivity contribution in [2.75, 3.05) is 32.9 Å². The van der Waals surface area contributed by atoms with Crippen LogP contribution >= 0.6 is 0 Å². The summed E-state index contributed by atoms with van der Waals surface area (Å²) in [6.07, 6.45) is 1.88. The molecular formula is C18H26N2O4. The maximum absolute atomic E-state index is 11.9. The maximum Gasteiger partial charge on any atom is 0.248 e. The van der Waals surface area contributed by atoms with Crippen LogP contribution in [0.2, 0.25) is 0 Å². The fraction of sp³-hybridized carbons (Fsp3) is 0.667. The molecule has 3 heterocycles. The van der Waals surface area contributed by atoms with Gasteiger partial charge in [-0.2, -0.15) is 0 Å². The highest BCUT2D eigenvalue weighted by Crippen LogP contribution is 2.35. The molecule has 1 amide bonds. The van der Waals surface area contributed by atoms with Crippen molar-refractivity contribution in [2.45, 2.75) is 45.0 Å². The highest BCUT2D eigenvalue weighted by atomic mass is 16.5. The first-order valence-electron chi connectivity index (χ1n) is 8.64. The fourth-order valence-electron chi connectivity index (χ4n) is 3.33. The van der Waals surface area contributed by atoms with Gasteiger partial charge in [-0.1, -0.05) is 6.07 Å². The third-order valence-electron chi connectivity index (χ3n) is 4.60. The third-order valence-corrected chi connectivity index (χ3v) is 4.60. The molecule has 6 nitrogen and oxygen atoms in total. The molecule has 2 saturated heterocycles. The number of aromatic nitrogens is 1. The topological polar surface area (TPSA) is 60.9 Å². The first kappa shape index (κ1) is 17.3. The Morgan fingerprint density at radius 2 is 2.29 bits per heavy atom. The molecule has 3 rings (SSSR count). The molecular weight excluding hydrogens is 308 g/mol. The van der Waals surface area contributed by atoms with E-state index in [0.29, 0.717) is 32.9 Å². The Bertz CT molecular complexity index is 572. The predicted octanol–water partition coefficient (Wildman–Crippen LogP) is 1.70. The first-order valence-corrected chi connectivity index (χ1v) is 8.64. The lowest BCUT2D eigenvalue weighted by Crippen LogP contribution is -2.67. The summed E-state index contributed by atoms with van der Waals surface area (Å²) in [7, 11) is 0. The SMILES string of the molecule is CCOCC(=O)N1CC2(C[C@H](OCc3cccc(C)n3)CCO2)C1. The van der Waals surface area contributed by atoms with Gasteiger partial charge in [0.25, 0.3) is 0 Å². The van der Waals surface area contributed by atoms with Crippen molar-refractivity contribution in [3.05, 3.63) is 29.6 Å². The van der Waals surface area contributed by atoms with Crippen molar-refractivity contribution >= 4 is 5.91 Å². The number of nitrogens with zero attached hydrogens (tertiary/aromatic N) is 2. The molecule has 2 fully saturated rings. The molecule has 0 aromatic carbocycles. The number of pyridine rings is 1. The lowest BCUT2D eigenvalue weighted by atomic mass is 9.84. The van der Waals surface area contributed by atoms with Crippen molar-refractivity contribution < 1.29 is 19.0 Å². The number of carbonyl (C=O) groups excluding carboxylic acids is 1. The molecule has 0 unspecified atom stereocenters. The van der Waals surface area contributed by atoms with Gasteiger partial charge in [-0.3, -0.25) is 9.78 Å². The summed E-state index contributed by atoms with van der Waals surface area (Å²) in [5.74, 6) is 0.0399. The van der Waals surface area contributed by atoms with Crippen LogP contribution in [0.1, 0.15) is 31.2 Å². The molecule has 0 saturated carbocycles. The van der Waals surface area contributed by atoms with E-state index in [2.05, 4.69) is 4.98 Å². The number of carbonyl (C=O) groups is 1. The minimum atomic E-state index is -0.231. The fourth-order valence-corrected chi connectivity index (χ4v) is 3.33. The summed E-state index contributed by atoms with van der Waals surface area (Å²) in [5, 5.41) is 0. The van der Waals surface area contributed by atoms with E-state index >= 15 is 0 Å². The van der Waals surface area contributed by atoms with Gasteiger partial charge in [0.1, 0.15) is 12.2 Å². The average molecular weight is 334 g/mol. The monoisotopic (exact) mass is 334 g/mol. The van der Waals surface area contributed by atoms with Crippen molar-refractivity contribution in [1.82, 2.24) is 9.88 Å². The van der Waals surface area contributed by atoms with E-state index in [0.717, 1.165) is 24.2 Å². The quantitative estimate of drug-likeness (QED) is 0.792. The molecule has 2 aliphatic heterocycles. The molecule has 0 N–H and O–H groups in total. The lowest BCUT2D eigenvalue weighted by molar-refractivity contribution is -0.204. The highest BCUT2D eigenvalue weighted by Gasteiger charge is 2.49. The van der Waals surface area contributed by atoms with Crippen LogP contribution in [0, 0.1) is 6.92 Å². The van der Waals surface area contributed by atoms with Gasteiger partial charge in [0.05, 0.1) is 31.5 Å². The smallest absolute Gasteiger partial charge is 0.248 e. The maximum atomic E-state index is 11.9. The molecule has 6 heteroatoms. The molecule has 0 bridgehead atoms. The van der Waals surface area contributed by atoms with Crippen molar-refractivity contribution in [1.29, 1.82) is 0 Å². The molecule has 1 aromatic rings. The van der Waals surface area contributed by atoms with E-state index in [1.54, 1.807) is 4.90 Å². The van der Waals surface area contributed by atoms with Crippen LogP contribution in [0.5, 0.6) is 0 Å². The zero-order valence-electron chi connectivity index (χ0n) is 14.5. The average Bonchev–Trinajstić information content (AvgIpc) is 2.56. The zero-order valence-corrected chi connectivity index (χ0v) is 14.5. The highest BCUT2D eigenvalue weighted by molar-refractivity contribution is 5.78. The van der Waals surface area contributed by atoms with Crippen LogP contribution in [0.15, 0.2) is 18.2 Å². The van der Waals surface area contributed by atoms with E-state index in [1.165, 1.54) is 0 Å². The van der Waals surface area contributed by atoms with Gasteiger partial charge in [-0.25, -0.2) is 0 Å². The number of ether oxygens (including phenoxy) is 3. The molecule has 1 atom stereocenters. The van der Waals surface area contributed by atoms with Crippen molar-refractivity contribution in [3.63, 3.8) is 0 Å². The number of amides is 1. The summed E-state index contributed by atoms with van der Waals surface area (Å²) in [6.45, 7) is 7.07. The predicted molar refractivity (Wildman–Crippen MR) is 88.5 cm³/mol. The Labute approximate surface area is 143 Å². The van der Waals surface area contributed by atoms with E-state index in [-0.39, 0.29) is 24.2 Å². The molecule has 132 valence electrons. The molecule has 24 heavy (non-hydrogen) atoms. The Morgan fingerprint density at radius 3 is 3.04 bits per heavy atom. The Kier molecular flexibility index (Phi) is 5.48. The van der Waals surface area contributed by atoms with Crippen LogP contribution in [-0.4, -0.2) is 60.4 Å². The van der Waals surface area contributed by atoms with Gasteiger partial charge >= 0.3 is 0 Å². The van der Waals surface area contributed by atoms with E-state index in [9.17, 15) is 4.79 Å². The summed E-state index contributed by atoms with van der Waals surface area (Å²) in [5.41, 5.74) is 1.73. The normalized spacial score (nSPS) is 22.4. The Morgan fingerprint density at radius 1 is 1.46 bits per heavy atom. The standard InChI is InChI=1S/C18H26N2O4/c1-3-22-11-17(21)20-12-18(13-20)9-16(7-8-24-18)23-10-15-6-4-5-14(2)19-15/h4-6,16H,3,7-13H2,1-2H3/t16-/m1/s1.